The summed E-state index contributed by atoms with van der Waals surface area (Å²) in [6, 6.07) is 4.46. The van der Waals surface area contributed by atoms with Gasteiger partial charge in [0.15, 0.2) is 6.61 Å². The number of anilines is 1. The van der Waals surface area contributed by atoms with Crippen molar-refractivity contribution in [2.24, 2.45) is 5.92 Å². The molecule has 168 valence electrons. The average Bonchev–Trinajstić information content (AvgIpc) is 2.66. The molecule has 0 aliphatic rings. The van der Waals surface area contributed by atoms with Gasteiger partial charge in [-0.05, 0) is 37.6 Å². The van der Waals surface area contributed by atoms with Crippen molar-refractivity contribution in [3.05, 3.63) is 41.2 Å². The third-order valence-corrected chi connectivity index (χ3v) is 4.14. The fourth-order valence-electron chi connectivity index (χ4n) is 2.50. The van der Waals surface area contributed by atoms with Crippen LogP contribution in [0.4, 0.5) is 19.0 Å². The number of ether oxygens (including phenoxy) is 1. The predicted molar refractivity (Wildman–Crippen MR) is 106 cm³/mol. The summed E-state index contributed by atoms with van der Waals surface area (Å²) < 4.78 is 41.4. The Hall–Kier alpha value is -3.24. The van der Waals surface area contributed by atoms with Gasteiger partial charge in [-0.1, -0.05) is 13.8 Å². The Kier molecular flexibility index (Phi) is 7.89. The fraction of sp³-hybridized carbons (Fsp3) is 0.450. The molecule has 11 heteroatoms. The Morgan fingerprint density at radius 3 is 2.48 bits per heavy atom. The number of carbonyl (C=O) groups excluding carboxylic acids is 2. The highest BCUT2D eigenvalue weighted by atomic mass is 19.4. The maximum atomic E-state index is 12.4. The highest BCUT2D eigenvalue weighted by molar-refractivity contribution is 5.91. The van der Waals surface area contributed by atoms with Crippen molar-refractivity contribution in [3.8, 4) is 5.88 Å². The lowest BCUT2D eigenvalue weighted by Gasteiger charge is -2.16. The van der Waals surface area contributed by atoms with Gasteiger partial charge in [0.25, 0.3) is 0 Å². The molecule has 2 amide bonds. The zero-order chi connectivity index (χ0) is 23.2. The molecule has 0 fully saturated rings. The van der Waals surface area contributed by atoms with E-state index in [0.29, 0.717) is 17.1 Å². The lowest BCUT2D eigenvalue weighted by atomic mass is 10.1. The summed E-state index contributed by atoms with van der Waals surface area (Å²) in [5.74, 6) is -0.569. The molecule has 0 aliphatic carbocycles. The molecule has 0 aliphatic heterocycles. The van der Waals surface area contributed by atoms with Gasteiger partial charge in [0.05, 0.1) is 18.2 Å². The molecule has 1 unspecified atom stereocenters. The smallest absolute Gasteiger partial charge is 0.422 e. The van der Waals surface area contributed by atoms with E-state index in [-0.39, 0.29) is 36.1 Å². The van der Waals surface area contributed by atoms with E-state index >= 15 is 0 Å². The van der Waals surface area contributed by atoms with Gasteiger partial charge in [0, 0.05) is 17.7 Å². The summed E-state index contributed by atoms with van der Waals surface area (Å²) in [7, 11) is 0. The van der Waals surface area contributed by atoms with Crippen molar-refractivity contribution in [2.75, 3.05) is 11.9 Å². The van der Waals surface area contributed by atoms with E-state index in [1.165, 1.54) is 19.2 Å². The molecule has 1 atom stereocenters. The first-order chi connectivity index (χ1) is 14.4. The second kappa shape index (κ2) is 10.2. The molecule has 31 heavy (non-hydrogen) atoms. The number of rotatable bonds is 8. The molecule has 0 spiro atoms. The van der Waals surface area contributed by atoms with Crippen molar-refractivity contribution in [2.45, 2.75) is 46.3 Å². The average molecular weight is 439 g/mol. The van der Waals surface area contributed by atoms with Gasteiger partial charge in [-0.25, -0.2) is 4.98 Å². The van der Waals surface area contributed by atoms with Crippen LogP contribution in [0.15, 0.2) is 24.4 Å². The van der Waals surface area contributed by atoms with Crippen LogP contribution in [0.1, 0.15) is 43.6 Å². The number of hydrogen-bond donors (Lipinski definition) is 2. The largest absolute Gasteiger partial charge is 0.467 e. The minimum absolute atomic E-state index is 0.111. The lowest BCUT2D eigenvalue weighted by molar-refractivity contribution is -0.154. The number of aromatic nitrogens is 3. The minimum atomic E-state index is -4.48. The zero-order valence-electron chi connectivity index (χ0n) is 17.6. The minimum Gasteiger partial charge on any atom is -0.467 e. The van der Waals surface area contributed by atoms with Gasteiger partial charge in [0.1, 0.15) is 5.82 Å². The van der Waals surface area contributed by atoms with E-state index in [9.17, 15) is 22.8 Å². The van der Waals surface area contributed by atoms with Gasteiger partial charge in [0.2, 0.25) is 17.7 Å². The van der Waals surface area contributed by atoms with Gasteiger partial charge < -0.3 is 15.4 Å². The van der Waals surface area contributed by atoms with Crippen LogP contribution in [0.5, 0.6) is 5.88 Å². The van der Waals surface area contributed by atoms with Gasteiger partial charge in [-0.2, -0.15) is 18.3 Å². The van der Waals surface area contributed by atoms with Crippen LogP contribution in [0.2, 0.25) is 0 Å². The second-order valence-corrected chi connectivity index (χ2v) is 7.31. The number of nitrogens with one attached hydrogen (secondary N) is 2. The normalized spacial score (nSPS) is 12.4. The molecular weight excluding hydrogens is 415 g/mol. The summed E-state index contributed by atoms with van der Waals surface area (Å²) in [4.78, 5) is 28.3. The lowest BCUT2D eigenvalue weighted by Crippen LogP contribution is -2.28. The first-order valence-electron chi connectivity index (χ1n) is 9.53. The monoisotopic (exact) mass is 439 g/mol. The molecule has 8 nitrogen and oxygen atoms in total. The molecular formula is C20H24F3N5O3. The Labute approximate surface area is 177 Å². The highest BCUT2D eigenvalue weighted by Gasteiger charge is 2.29. The van der Waals surface area contributed by atoms with E-state index in [1.807, 2.05) is 0 Å². The number of nitrogens with zero attached hydrogens (tertiary/aromatic N) is 3. The fourth-order valence-corrected chi connectivity index (χ4v) is 2.50. The number of aryl methyl sites for hydroxylation is 1. The Morgan fingerprint density at radius 1 is 1.16 bits per heavy atom. The maximum Gasteiger partial charge on any atom is 0.422 e. The van der Waals surface area contributed by atoms with Crippen LogP contribution in [0, 0.1) is 12.8 Å². The zero-order valence-corrected chi connectivity index (χ0v) is 17.6. The van der Waals surface area contributed by atoms with Crippen molar-refractivity contribution < 1.29 is 27.5 Å². The van der Waals surface area contributed by atoms with Crippen LogP contribution in [-0.2, 0) is 16.0 Å². The Morgan fingerprint density at radius 2 is 1.87 bits per heavy atom. The molecule has 0 bridgehead atoms. The number of carbonyl (C=O) groups is 2. The maximum absolute atomic E-state index is 12.4. The molecule has 0 aromatic carbocycles. The Bertz CT molecular complexity index is 935. The van der Waals surface area contributed by atoms with Gasteiger partial charge in [-0.3, -0.25) is 9.59 Å². The van der Waals surface area contributed by atoms with Crippen molar-refractivity contribution >= 4 is 17.6 Å². The summed E-state index contributed by atoms with van der Waals surface area (Å²) in [5, 5.41) is 12.9. The van der Waals surface area contributed by atoms with Crippen LogP contribution in [0.3, 0.4) is 0 Å². The Balaban J connectivity index is 1.96. The van der Waals surface area contributed by atoms with Crippen molar-refractivity contribution in [3.63, 3.8) is 0 Å². The standard InChI is InChI=1S/C20H24F3N5O3/c1-11(2)18(30)26-16-8-14(5-6-24-16)13(4)25-17(29)9-15-7-12(3)19(28-27-15)31-10-20(21,22)23/h5-8,11,13H,9-10H2,1-4H3,(H,25,29)(H,24,26,30). The molecule has 2 aromatic rings. The summed E-state index contributed by atoms with van der Waals surface area (Å²) in [6.45, 7) is 5.36. The van der Waals surface area contributed by atoms with E-state index in [4.69, 9.17) is 0 Å². The third-order valence-electron chi connectivity index (χ3n) is 4.14. The van der Waals surface area contributed by atoms with E-state index in [1.54, 1.807) is 32.9 Å². The molecule has 2 rings (SSSR count). The molecule has 2 N–H and O–H groups in total. The first kappa shape index (κ1) is 24.0. The highest BCUT2D eigenvalue weighted by Crippen LogP contribution is 2.20. The third kappa shape index (κ3) is 7.83. The summed E-state index contributed by atoms with van der Waals surface area (Å²) in [5.41, 5.74) is 1.37. The summed E-state index contributed by atoms with van der Waals surface area (Å²) >= 11 is 0. The first-order valence-corrected chi connectivity index (χ1v) is 9.53. The number of amides is 2. The van der Waals surface area contributed by atoms with E-state index in [0.717, 1.165) is 5.56 Å². The molecule has 2 aromatic heterocycles. The number of alkyl halides is 3. The number of hydrogen-bond acceptors (Lipinski definition) is 6. The van der Waals surface area contributed by atoms with Gasteiger partial charge in [-0.15, -0.1) is 5.10 Å². The predicted octanol–water partition coefficient (Wildman–Crippen LogP) is 3.14. The molecule has 0 saturated carbocycles. The SMILES string of the molecule is Cc1cc(CC(=O)NC(C)c2ccnc(NC(=O)C(C)C)c2)nnc1OCC(F)(F)F. The molecule has 0 saturated heterocycles. The van der Waals surface area contributed by atoms with Crippen molar-refractivity contribution in [1.29, 1.82) is 0 Å². The number of halogens is 3. The van der Waals surface area contributed by atoms with E-state index < -0.39 is 12.8 Å². The van der Waals surface area contributed by atoms with Crippen LogP contribution in [-0.4, -0.2) is 39.8 Å². The molecule has 2 heterocycles. The molecule has 0 radical (unpaired) electrons. The van der Waals surface area contributed by atoms with Crippen LogP contribution < -0.4 is 15.4 Å². The van der Waals surface area contributed by atoms with Crippen LogP contribution >= 0.6 is 0 Å². The number of pyridine rings is 1. The van der Waals surface area contributed by atoms with E-state index in [2.05, 4.69) is 30.6 Å². The van der Waals surface area contributed by atoms with Crippen LogP contribution in [0.25, 0.3) is 0 Å². The van der Waals surface area contributed by atoms with Gasteiger partial charge >= 0.3 is 6.18 Å². The van der Waals surface area contributed by atoms with Crippen molar-refractivity contribution in [1.82, 2.24) is 20.5 Å². The summed E-state index contributed by atoms with van der Waals surface area (Å²) in [6.07, 6.45) is -3.06. The topological polar surface area (TPSA) is 106 Å². The quantitative estimate of drug-likeness (QED) is 0.655. The second-order valence-electron chi connectivity index (χ2n) is 7.31.